The van der Waals surface area contributed by atoms with Gasteiger partial charge in [-0.25, -0.2) is 13.2 Å². The number of hydrogen-bond acceptors (Lipinski definition) is 6. The largest absolute Gasteiger partial charge is 0.465 e. The quantitative estimate of drug-likeness (QED) is 0.806. The number of carbonyl (C=O) groups is 2. The Morgan fingerprint density at radius 3 is 2.60 bits per heavy atom. The van der Waals surface area contributed by atoms with Crippen molar-refractivity contribution < 1.29 is 22.7 Å². The van der Waals surface area contributed by atoms with Crippen LogP contribution < -0.4 is 5.32 Å². The van der Waals surface area contributed by atoms with E-state index in [1.165, 1.54) is 30.6 Å². The van der Waals surface area contributed by atoms with Gasteiger partial charge >= 0.3 is 5.97 Å². The summed E-state index contributed by atoms with van der Waals surface area (Å²) in [5.41, 5.74) is 1.25. The molecule has 0 unspecified atom stereocenters. The van der Waals surface area contributed by atoms with E-state index in [1.807, 2.05) is 0 Å². The van der Waals surface area contributed by atoms with Crippen LogP contribution in [-0.2, 0) is 32.2 Å². The lowest BCUT2D eigenvalue weighted by Crippen LogP contribution is -2.23. The molecule has 1 aliphatic carbocycles. The number of aryl methyl sites for hydroxylation is 1. The minimum Gasteiger partial charge on any atom is -0.465 e. The van der Waals surface area contributed by atoms with E-state index in [9.17, 15) is 18.0 Å². The molecule has 0 saturated carbocycles. The predicted molar refractivity (Wildman–Crippen MR) is 94.8 cm³/mol. The minimum absolute atomic E-state index is 0.0898. The van der Waals surface area contributed by atoms with Crippen molar-refractivity contribution in [3.05, 3.63) is 46.3 Å². The van der Waals surface area contributed by atoms with E-state index in [2.05, 4.69) is 5.32 Å². The summed E-state index contributed by atoms with van der Waals surface area (Å²) in [6.07, 6.45) is 2.57. The Morgan fingerprint density at radius 2 is 1.92 bits per heavy atom. The van der Waals surface area contributed by atoms with Gasteiger partial charge in [-0.3, -0.25) is 4.79 Å². The highest BCUT2D eigenvalue weighted by Crippen LogP contribution is 2.39. The molecule has 1 amide bonds. The zero-order valence-corrected chi connectivity index (χ0v) is 15.2. The zero-order valence-electron chi connectivity index (χ0n) is 13.6. The van der Waals surface area contributed by atoms with E-state index in [4.69, 9.17) is 4.74 Å². The van der Waals surface area contributed by atoms with Crippen molar-refractivity contribution >= 4 is 38.1 Å². The maximum absolute atomic E-state index is 12.3. The van der Waals surface area contributed by atoms with E-state index in [0.29, 0.717) is 10.6 Å². The summed E-state index contributed by atoms with van der Waals surface area (Å²) >= 11 is 1.31. The second-order valence-electron chi connectivity index (χ2n) is 5.67. The highest BCUT2D eigenvalue weighted by atomic mass is 32.2. The lowest BCUT2D eigenvalue weighted by molar-refractivity contribution is -0.113. The van der Waals surface area contributed by atoms with Crippen molar-refractivity contribution in [2.24, 2.45) is 0 Å². The van der Waals surface area contributed by atoms with Gasteiger partial charge in [0.1, 0.15) is 10.8 Å². The summed E-state index contributed by atoms with van der Waals surface area (Å²) in [6, 6.07) is 7.80. The van der Waals surface area contributed by atoms with Crippen molar-refractivity contribution in [1.29, 1.82) is 0 Å². The molecule has 0 fully saturated rings. The number of rotatable bonds is 5. The number of anilines is 1. The Labute approximate surface area is 149 Å². The smallest absolute Gasteiger partial charge is 0.341 e. The molecule has 1 aromatic heterocycles. The average molecular weight is 379 g/mol. The van der Waals surface area contributed by atoms with Gasteiger partial charge in [0.15, 0.2) is 9.84 Å². The van der Waals surface area contributed by atoms with Gasteiger partial charge in [0, 0.05) is 4.88 Å². The van der Waals surface area contributed by atoms with Gasteiger partial charge in [-0.05, 0) is 37.0 Å². The molecule has 0 atom stereocenters. The molecule has 3 rings (SSSR count). The highest BCUT2D eigenvalue weighted by molar-refractivity contribution is 7.92. The number of carbonyl (C=O) groups excluding carboxylic acids is 2. The summed E-state index contributed by atoms with van der Waals surface area (Å²) in [4.78, 5) is 25.4. The highest BCUT2D eigenvalue weighted by Gasteiger charge is 2.29. The van der Waals surface area contributed by atoms with E-state index in [0.717, 1.165) is 29.7 Å². The van der Waals surface area contributed by atoms with E-state index >= 15 is 0 Å². The SMILES string of the molecule is COC(=O)c1c(NC(=O)CS(=O)(=O)c2ccccc2)sc2c1CCC2. The number of fused-ring (bicyclic) bond motifs is 1. The first kappa shape index (κ1) is 17.6. The summed E-state index contributed by atoms with van der Waals surface area (Å²) in [7, 11) is -2.45. The Hall–Kier alpha value is -2.19. The molecule has 25 heavy (non-hydrogen) atoms. The van der Waals surface area contributed by atoms with Crippen LogP contribution in [0, 0.1) is 0 Å². The predicted octanol–water partition coefficient (Wildman–Crippen LogP) is 2.44. The molecule has 0 spiro atoms. The summed E-state index contributed by atoms with van der Waals surface area (Å²) < 4.78 is 29.4. The molecule has 0 saturated heterocycles. The first-order chi connectivity index (χ1) is 11.9. The second-order valence-corrected chi connectivity index (χ2v) is 8.77. The van der Waals surface area contributed by atoms with Crippen LogP contribution in [0.2, 0.25) is 0 Å². The van der Waals surface area contributed by atoms with E-state index in [1.54, 1.807) is 18.2 Å². The van der Waals surface area contributed by atoms with Crippen LogP contribution in [-0.4, -0.2) is 33.2 Å². The molecule has 1 heterocycles. The van der Waals surface area contributed by atoms with Crippen LogP contribution in [0.4, 0.5) is 5.00 Å². The normalized spacial score (nSPS) is 13.3. The lowest BCUT2D eigenvalue weighted by atomic mass is 10.1. The number of ether oxygens (including phenoxy) is 1. The maximum Gasteiger partial charge on any atom is 0.341 e. The van der Waals surface area contributed by atoms with E-state index in [-0.39, 0.29) is 4.90 Å². The lowest BCUT2D eigenvalue weighted by Gasteiger charge is -2.08. The van der Waals surface area contributed by atoms with Gasteiger partial charge < -0.3 is 10.1 Å². The van der Waals surface area contributed by atoms with Crippen LogP contribution in [0.3, 0.4) is 0 Å². The Bertz CT molecular complexity index is 916. The molecule has 0 bridgehead atoms. The molecule has 0 radical (unpaired) electrons. The number of esters is 1. The van der Waals surface area contributed by atoms with Gasteiger partial charge in [0.05, 0.1) is 17.6 Å². The number of thiophene rings is 1. The Kier molecular flexibility index (Phi) is 4.91. The van der Waals surface area contributed by atoms with Crippen molar-refractivity contribution in [3.63, 3.8) is 0 Å². The zero-order chi connectivity index (χ0) is 18.0. The van der Waals surface area contributed by atoms with Crippen LogP contribution in [0.1, 0.15) is 27.2 Å². The van der Waals surface area contributed by atoms with E-state index < -0.39 is 27.5 Å². The molecule has 1 aliphatic rings. The minimum atomic E-state index is -3.74. The number of amides is 1. The molecule has 132 valence electrons. The van der Waals surface area contributed by atoms with Crippen molar-refractivity contribution in [3.8, 4) is 0 Å². The van der Waals surface area contributed by atoms with Gasteiger partial charge in [-0.1, -0.05) is 18.2 Å². The van der Waals surface area contributed by atoms with Gasteiger partial charge in [-0.15, -0.1) is 11.3 Å². The molecule has 2 aromatic rings. The van der Waals surface area contributed by atoms with Crippen LogP contribution in [0.15, 0.2) is 35.2 Å². The van der Waals surface area contributed by atoms with Crippen LogP contribution >= 0.6 is 11.3 Å². The van der Waals surface area contributed by atoms with Crippen LogP contribution in [0.5, 0.6) is 0 Å². The fourth-order valence-electron chi connectivity index (χ4n) is 2.86. The Balaban J connectivity index is 1.81. The van der Waals surface area contributed by atoms with Crippen molar-refractivity contribution in [2.75, 3.05) is 18.2 Å². The Morgan fingerprint density at radius 1 is 1.20 bits per heavy atom. The van der Waals surface area contributed by atoms with Crippen molar-refractivity contribution in [2.45, 2.75) is 24.2 Å². The monoisotopic (exact) mass is 379 g/mol. The standard InChI is InChI=1S/C17H17NO5S2/c1-23-17(20)15-12-8-5-9-13(12)24-16(15)18-14(19)10-25(21,22)11-6-3-2-4-7-11/h2-4,6-7H,5,8-10H2,1H3,(H,18,19). The van der Waals surface area contributed by atoms with Gasteiger partial charge in [0.25, 0.3) is 0 Å². The number of nitrogens with one attached hydrogen (secondary N) is 1. The first-order valence-corrected chi connectivity index (χ1v) is 10.2. The van der Waals surface area contributed by atoms with Gasteiger partial charge in [-0.2, -0.15) is 0 Å². The van der Waals surface area contributed by atoms with Crippen LogP contribution in [0.25, 0.3) is 0 Å². The summed E-state index contributed by atoms with van der Waals surface area (Å²) in [5.74, 6) is -1.87. The second kappa shape index (κ2) is 6.97. The third-order valence-electron chi connectivity index (χ3n) is 3.99. The molecule has 1 N–H and O–H groups in total. The maximum atomic E-state index is 12.3. The third kappa shape index (κ3) is 3.59. The van der Waals surface area contributed by atoms with Gasteiger partial charge in [0.2, 0.25) is 5.91 Å². The number of sulfone groups is 1. The topological polar surface area (TPSA) is 89.5 Å². The summed E-state index contributed by atoms with van der Waals surface area (Å²) in [6.45, 7) is 0. The number of hydrogen-bond donors (Lipinski definition) is 1. The molecular formula is C17H17NO5S2. The molecule has 1 aromatic carbocycles. The molecule has 6 nitrogen and oxygen atoms in total. The molecular weight excluding hydrogens is 362 g/mol. The summed E-state index contributed by atoms with van der Waals surface area (Å²) in [5, 5.41) is 2.95. The fourth-order valence-corrected chi connectivity index (χ4v) is 5.31. The fraction of sp³-hybridized carbons (Fsp3) is 0.294. The first-order valence-electron chi connectivity index (χ1n) is 7.73. The number of benzene rings is 1. The molecule has 0 aliphatic heterocycles. The van der Waals surface area contributed by atoms with Crippen molar-refractivity contribution in [1.82, 2.24) is 0 Å². The molecule has 8 heteroatoms. The third-order valence-corrected chi connectivity index (χ3v) is 6.83. The number of methoxy groups -OCH3 is 1. The average Bonchev–Trinajstić information content (AvgIpc) is 3.15.